The standard InChI is InChI=1S/C8H16O.2C2H6/c1-7-3-2-4-8(5-7)6-9;2*1-2/h7-9H,2-6H2,1H3;2*1-2H3. The SMILES string of the molecule is CC.CC.CC1CCCC(CO)C1. The monoisotopic (exact) mass is 188 g/mol. The summed E-state index contributed by atoms with van der Waals surface area (Å²) in [6.07, 6.45) is 5.19. The van der Waals surface area contributed by atoms with Crippen LogP contribution in [0.1, 0.15) is 60.3 Å². The third-order valence-electron chi connectivity index (χ3n) is 2.30. The van der Waals surface area contributed by atoms with Gasteiger partial charge in [-0.2, -0.15) is 0 Å². The zero-order chi connectivity index (χ0) is 10.7. The average Bonchev–Trinajstić information content (AvgIpc) is 2.24. The van der Waals surface area contributed by atoms with Gasteiger partial charge in [0.25, 0.3) is 0 Å². The van der Waals surface area contributed by atoms with Crippen LogP contribution >= 0.6 is 0 Å². The molecule has 0 heterocycles. The Morgan fingerprint density at radius 1 is 1.08 bits per heavy atom. The van der Waals surface area contributed by atoms with Gasteiger partial charge in [-0.1, -0.05) is 47.5 Å². The lowest BCUT2D eigenvalue weighted by Gasteiger charge is -2.24. The third kappa shape index (κ3) is 8.29. The molecular formula is C12H28O. The second kappa shape index (κ2) is 12.0. The average molecular weight is 188 g/mol. The minimum absolute atomic E-state index is 0.407. The van der Waals surface area contributed by atoms with Crippen LogP contribution in [0.5, 0.6) is 0 Å². The Morgan fingerprint density at radius 2 is 1.62 bits per heavy atom. The van der Waals surface area contributed by atoms with Gasteiger partial charge in [-0.05, 0) is 24.7 Å². The van der Waals surface area contributed by atoms with E-state index in [1.807, 2.05) is 27.7 Å². The third-order valence-corrected chi connectivity index (χ3v) is 2.30. The predicted octanol–water partition coefficient (Wildman–Crippen LogP) is 3.86. The highest BCUT2D eigenvalue weighted by atomic mass is 16.3. The second-order valence-electron chi connectivity index (χ2n) is 3.32. The first kappa shape index (κ1) is 15.4. The Bertz CT molecular complexity index is 81.2. The van der Waals surface area contributed by atoms with Gasteiger partial charge in [0.2, 0.25) is 0 Å². The minimum Gasteiger partial charge on any atom is -0.396 e. The lowest BCUT2D eigenvalue weighted by Crippen LogP contribution is -2.15. The Labute approximate surface area is 84.6 Å². The molecule has 1 nitrogen and oxygen atoms in total. The summed E-state index contributed by atoms with van der Waals surface area (Å²) < 4.78 is 0. The molecule has 0 saturated heterocycles. The quantitative estimate of drug-likeness (QED) is 0.662. The van der Waals surface area contributed by atoms with Crippen LogP contribution < -0.4 is 0 Å². The predicted molar refractivity (Wildman–Crippen MR) is 60.9 cm³/mol. The van der Waals surface area contributed by atoms with E-state index in [0.717, 1.165) is 5.92 Å². The topological polar surface area (TPSA) is 20.2 Å². The van der Waals surface area contributed by atoms with E-state index in [1.165, 1.54) is 25.7 Å². The largest absolute Gasteiger partial charge is 0.396 e. The van der Waals surface area contributed by atoms with Gasteiger partial charge in [-0.25, -0.2) is 0 Å². The molecule has 0 bridgehead atoms. The van der Waals surface area contributed by atoms with Crippen molar-refractivity contribution < 1.29 is 5.11 Å². The number of rotatable bonds is 1. The van der Waals surface area contributed by atoms with Crippen LogP contribution in [0.2, 0.25) is 0 Å². The van der Waals surface area contributed by atoms with Crippen LogP contribution in [0, 0.1) is 11.8 Å². The van der Waals surface area contributed by atoms with E-state index in [1.54, 1.807) is 0 Å². The summed E-state index contributed by atoms with van der Waals surface area (Å²) in [5, 5.41) is 8.81. The fourth-order valence-corrected chi connectivity index (χ4v) is 1.73. The Hall–Kier alpha value is -0.0400. The summed E-state index contributed by atoms with van der Waals surface area (Å²) in [4.78, 5) is 0. The molecule has 0 amide bonds. The van der Waals surface area contributed by atoms with Crippen molar-refractivity contribution in [1.29, 1.82) is 0 Å². The molecule has 1 fully saturated rings. The van der Waals surface area contributed by atoms with Crippen molar-refractivity contribution in [3.05, 3.63) is 0 Å². The molecule has 13 heavy (non-hydrogen) atoms. The van der Waals surface area contributed by atoms with Crippen LogP contribution in [-0.4, -0.2) is 11.7 Å². The zero-order valence-corrected chi connectivity index (χ0v) is 10.1. The molecule has 0 aromatic heterocycles. The maximum Gasteiger partial charge on any atom is 0.0459 e. The molecule has 1 rings (SSSR count). The van der Waals surface area contributed by atoms with Crippen LogP contribution in [0.25, 0.3) is 0 Å². The first-order valence-corrected chi connectivity index (χ1v) is 5.93. The first-order valence-electron chi connectivity index (χ1n) is 5.93. The molecular weight excluding hydrogens is 160 g/mol. The van der Waals surface area contributed by atoms with Crippen molar-refractivity contribution in [3.8, 4) is 0 Å². The Morgan fingerprint density at radius 3 is 1.92 bits per heavy atom. The first-order chi connectivity index (χ1) is 6.33. The molecule has 1 aliphatic carbocycles. The van der Waals surface area contributed by atoms with Crippen LogP contribution in [0.4, 0.5) is 0 Å². The van der Waals surface area contributed by atoms with Gasteiger partial charge in [0.1, 0.15) is 0 Å². The van der Waals surface area contributed by atoms with E-state index in [0.29, 0.717) is 12.5 Å². The van der Waals surface area contributed by atoms with Crippen molar-refractivity contribution >= 4 is 0 Å². The van der Waals surface area contributed by atoms with E-state index in [2.05, 4.69) is 6.92 Å². The van der Waals surface area contributed by atoms with Crippen molar-refractivity contribution in [2.45, 2.75) is 60.3 Å². The van der Waals surface area contributed by atoms with E-state index in [-0.39, 0.29) is 0 Å². The Balaban J connectivity index is 0. The van der Waals surface area contributed by atoms with Crippen molar-refractivity contribution in [2.24, 2.45) is 11.8 Å². The number of aliphatic hydroxyl groups is 1. The van der Waals surface area contributed by atoms with Gasteiger partial charge in [0.05, 0.1) is 0 Å². The molecule has 0 aromatic rings. The summed E-state index contributed by atoms with van der Waals surface area (Å²) in [6.45, 7) is 10.7. The normalized spacial score (nSPS) is 26.3. The maximum atomic E-state index is 8.81. The van der Waals surface area contributed by atoms with E-state index >= 15 is 0 Å². The smallest absolute Gasteiger partial charge is 0.0459 e. The molecule has 0 aliphatic heterocycles. The molecule has 1 N–H and O–H groups in total. The number of hydrogen-bond donors (Lipinski definition) is 1. The molecule has 0 radical (unpaired) electrons. The van der Waals surface area contributed by atoms with E-state index < -0.39 is 0 Å². The number of hydrogen-bond acceptors (Lipinski definition) is 1. The molecule has 1 saturated carbocycles. The Kier molecular flexibility index (Phi) is 14.2. The van der Waals surface area contributed by atoms with E-state index in [9.17, 15) is 0 Å². The van der Waals surface area contributed by atoms with Crippen molar-refractivity contribution in [3.63, 3.8) is 0 Å². The van der Waals surface area contributed by atoms with Crippen LogP contribution in [0.3, 0.4) is 0 Å². The molecule has 82 valence electrons. The van der Waals surface area contributed by atoms with Crippen LogP contribution in [0.15, 0.2) is 0 Å². The van der Waals surface area contributed by atoms with Gasteiger partial charge in [-0.3, -0.25) is 0 Å². The van der Waals surface area contributed by atoms with Gasteiger partial charge in [0.15, 0.2) is 0 Å². The minimum atomic E-state index is 0.407. The zero-order valence-electron chi connectivity index (χ0n) is 10.1. The highest BCUT2D eigenvalue weighted by molar-refractivity contribution is 4.68. The number of aliphatic hydroxyl groups excluding tert-OH is 1. The second-order valence-corrected chi connectivity index (χ2v) is 3.32. The summed E-state index contributed by atoms with van der Waals surface area (Å²) in [5.41, 5.74) is 0. The van der Waals surface area contributed by atoms with Gasteiger partial charge >= 0.3 is 0 Å². The maximum absolute atomic E-state index is 8.81. The highest BCUT2D eigenvalue weighted by Crippen LogP contribution is 2.27. The summed E-state index contributed by atoms with van der Waals surface area (Å²) in [5.74, 6) is 1.48. The molecule has 1 heteroatoms. The van der Waals surface area contributed by atoms with Crippen LogP contribution in [-0.2, 0) is 0 Å². The van der Waals surface area contributed by atoms with Gasteiger partial charge in [-0.15, -0.1) is 0 Å². The molecule has 2 unspecified atom stereocenters. The fourth-order valence-electron chi connectivity index (χ4n) is 1.73. The summed E-state index contributed by atoms with van der Waals surface area (Å²) >= 11 is 0. The molecule has 0 aromatic carbocycles. The molecule has 1 aliphatic rings. The van der Waals surface area contributed by atoms with Gasteiger partial charge in [0, 0.05) is 6.61 Å². The fraction of sp³-hybridized carbons (Fsp3) is 1.00. The molecule has 0 spiro atoms. The summed E-state index contributed by atoms with van der Waals surface area (Å²) in [7, 11) is 0. The lowest BCUT2D eigenvalue weighted by atomic mass is 9.83. The summed E-state index contributed by atoms with van der Waals surface area (Å²) in [6, 6.07) is 0. The van der Waals surface area contributed by atoms with Gasteiger partial charge < -0.3 is 5.11 Å². The van der Waals surface area contributed by atoms with Crippen molar-refractivity contribution in [2.75, 3.05) is 6.61 Å². The highest BCUT2D eigenvalue weighted by Gasteiger charge is 2.17. The van der Waals surface area contributed by atoms with Crippen molar-refractivity contribution in [1.82, 2.24) is 0 Å². The molecule has 2 atom stereocenters. The lowest BCUT2D eigenvalue weighted by molar-refractivity contribution is 0.166. The van der Waals surface area contributed by atoms with E-state index in [4.69, 9.17) is 5.11 Å².